The van der Waals surface area contributed by atoms with Crippen molar-refractivity contribution in [1.29, 1.82) is 0 Å². The number of pyridine rings is 1. The summed E-state index contributed by atoms with van der Waals surface area (Å²) < 4.78 is 5.38. The fourth-order valence-electron chi connectivity index (χ4n) is 2.32. The molecular formula is C20H38Br2N4O2. The highest BCUT2D eigenvalue weighted by Crippen LogP contribution is 2.18. The van der Waals surface area contributed by atoms with Crippen molar-refractivity contribution in [2.24, 2.45) is 0 Å². The van der Waals surface area contributed by atoms with E-state index in [4.69, 9.17) is 4.74 Å². The van der Waals surface area contributed by atoms with Crippen molar-refractivity contribution >= 4 is 38.0 Å². The number of nitrogens with zero attached hydrogens (tertiary/aromatic N) is 4. The molecule has 1 aromatic rings. The molecular weight excluding hydrogens is 488 g/mol. The van der Waals surface area contributed by atoms with Crippen molar-refractivity contribution < 1.29 is 9.53 Å². The van der Waals surface area contributed by atoms with E-state index < -0.39 is 0 Å². The van der Waals surface area contributed by atoms with E-state index in [1.807, 2.05) is 11.7 Å². The first kappa shape index (κ1) is 29.5. The molecule has 0 spiro atoms. The minimum absolute atomic E-state index is 0.382. The van der Waals surface area contributed by atoms with E-state index in [2.05, 4.69) is 67.8 Å². The molecule has 0 bridgehead atoms. The minimum atomic E-state index is -0.382. The first-order valence-corrected chi connectivity index (χ1v) is 12.5. The fraction of sp³-hybridized carbons (Fsp3) is 0.700. The Kier molecular flexibility index (Phi) is 20.7. The number of ether oxygens (including phenoxy) is 1. The molecule has 0 aliphatic rings. The summed E-state index contributed by atoms with van der Waals surface area (Å²) in [5.41, 5.74) is 0.794. The number of hydrogen-bond acceptors (Lipinski definition) is 5. The summed E-state index contributed by atoms with van der Waals surface area (Å²) in [6, 6.07) is 3.57. The SMILES string of the molecule is CBr.CBr.CN(C)CCCCCCN(C)Cc1ncccc1OC(=O)N(C)C. The molecule has 1 amide bonds. The molecule has 0 aliphatic heterocycles. The molecule has 6 nitrogen and oxygen atoms in total. The molecule has 0 saturated heterocycles. The molecule has 0 saturated carbocycles. The molecule has 0 aromatic carbocycles. The molecule has 0 aliphatic carbocycles. The molecule has 1 rings (SSSR count). The van der Waals surface area contributed by atoms with Crippen LogP contribution >= 0.6 is 31.9 Å². The van der Waals surface area contributed by atoms with Gasteiger partial charge in [0.2, 0.25) is 0 Å². The first-order chi connectivity index (χ1) is 13.4. The van der Waals surface area contributed by atoms with Crippen molar-refractivity contribution in [3.8, 4) is 5.75 Å². The fourth-order valence-corrected chi connectivity index (χ4v) is 2.32. The van der Waals surface area contributed by atoms with Crippen LogP contribution in [0.4, 0.5) is 4.79 Å². The summed E-state index contributed by atoms with van der Waals surface area (Å²) in [6.07, 6.45) is 6.28. The third kappa shape index (κ3) is 15.2. The quantitative estimate of drug-likeness (QED) is 0.327. The van der Waals surface area contributed by atoms with Crippen LogP contribution in [0.2, 0.25) is 0 Å². The van der Waals surface area contributed by atoms with Crippen LogP contribution in [-0.4, -0.2) is 85.8 Å². The Bertz CT molecular complexity index is 503. The maximum absolute atomic E-state index is 11.7. The molecule has 164 valence electrons. The van der Waals surface area contributed by atoms with E-state index in [0.717, 1.165) is 18.8 Å². The van der Waals surface area contributed by atoms with Crippen LogP contribution in [-0.2, 0) is 6.54 Å². The molecule has 0 unspecified atom stereocenters. The van der Waals surface area contributed by atoms with Crippen LogP contribution in [0, 0.1) is 0 Å². The number of unbranched alkanes of at least 4 members (excludes halogenated alkanes) is 3. The van der Waals surface area contributed by atoms with Gasteiger partial charge >= 0.3 is 6.09 Å². The van der Waals surface area contributed by atoms with Crippen LogP contribution in [0.1, 0.15) is 31.4 Å². The number of carbonyl (C=O) groups is 1. The third-order valence-electron chi connectivity index (χ3n) is 3.73. The zero-order valence-corrected chi connectivity index (χ0v) is 21.7. The van der Waals surface area contributed by atoms with Gasteiger partial charge in [-0.25, -0.2) is 4.79 Å². The summed E-state index contributed by atoms with van der Waals surface area (Å²) in [5.74, 6) is 4.16. The van der Waals surface area contributed by atoms with E-state index in [1.54, 1.807) is 32.4 Å². The number of amides is 1. The number of carbonyl (C=O) groups excluding carboxylic acids is 1. The monoisotopic (exact) mass is 524 g/mol. The average molecular weight is 526 g/mol. The lowest BCUT2D eigenvalue weighted by molar-refractivity contribution is 0.170. The molecule has 28 heavy (non-hydrogen) atoms. The Morgan fingerprint density at radius 2 is 1.54 bits per heavy atom. The van der Waals surface area contributed by atoms with Crippen molar-refractivity contribution in [3.63, 3.8) is 0 Å². The van der Waals surface area contributed by atoms with Crippen molar-refractivity contribution in [1.82, 2.24) is 19.7 Å². The van der Waals surface area contributed by atoms with Crippen LogP contribution in [0.5, 0.6) is 5.75 Å². The minimum Gasteiger partial charge on any atom is -0.408 e. The smallest absolute Gasteiger partial charge is 0.408 e. The predicted octanol–water partition coefficient (Wildman–Crippen LogP) is 4.72. The van der Waals surface area contributed by atoms with E-state index in [1.165, 1.54) is 30.6 Å². The summed E-state index contributed by atoms with van der Waals surface area (Å²) in [6.45, 7) is 2.85. The van der Waals surface area contributed by atoms with Gasteiger partial charge in [-0.15, -0.1) is 0 Å². The molecule has 8 heteroatoms. The zero-order chi connectivity index (χ0) is 21.9. The second-order valence-electron chi connectivity index (χ2n) is 6.67. The normalized spacial score (nSPS) is 9.96. The Balaban J connectivity index is 0. The first-order valence-electron chi connectivity index (χ1n) is 9.32. The van der Waals surface area contributed by atoms with E-state index >= 15 is 0 Å². The lowest BCUT2D eigenvalue weighted by Gasteiger charge is -2.18. The standard InChI is InChI=1S/C18H32N4O2.2CH3Br/c1-20(2)13-8-6-7-9-14-22(5)15-16-17(11-10-12-19-16)24-18(23)21(3)4;2*1-2/h10-12H,6-9,13-15H2,1-5H3;2*1H3. The Labute approximate surface area is 188 Å². The zero-order valence-electron chi connectivity index (χ0n) is 18.5. The second kappa shape index (κ2) is 19.6. The average Bonchev–Trinajstić information content (AvgIpc) is 2.69. The van der Waals surface area contributed by atoms with Gasteiger partial charge in [0.25, 0.3) is 0 Å². The van der Waals surface area contributed by atoms with Crippen LogP contribution in [0.3, 0.4) is 0 Å². The van der Waals surface area contributed by atoms with Gasteiger partial charge in [-0.2, -0.15) is 0 Å². The van der Waals surface area contributed by atoms with Crippen LogP contribution in [0.15, 0.2) is 18.3 Å². The number of hydrogen-bond donors (Lipinski definition) is 0. The van der Waals surface area contributed by atoms with Gasteiger partial charge in [-0.1, -0.05) is 44.7 Å². The topological polar surface area (TPSA) is 48.9 Å². The molecule has 0 fully saturated rings. The molecule has 1 aromatic heterocycles. The van der Waals surface area contributed by atoms with Crippen molar-refractivity contribution in [2.45, 2.75) is 32.2 Å². The van der Waals surface area contributed by atoms with Crippen molar-refractivity contribution in [2.75, 3.05) is 60.0 Å². The summed E-state index contributed by atoms with van der Waals surface area (Å²) in [7, 11) is 9.64. The van der Waals surface area contributed by atoms with Crippen LogP contribution < -0.4 is 4.74 Å². The summed E-state index contributed by atoms with van der Waals surface area (Å²) in [5, 5.41) is 0. The van der Waals surface area contributed by atoms with Gasteiger partial charge in [-0.3, -0.25) is 4.98 Å². The van der Waals surface area contributed by atoms with Gasteiger partial charge in [0, 0.05) is 26.8 Å². The highest BCUT2D eigenvalue weighted by Gasteiger charge is 2.13. The summed E-state index contributed by atoms with van der Waals surface area (Å²) >= 11 is 5.88. The van der Waals surface area contributed by atoms with Gasteiger partial charge in [0.1, 0.15) is 0 Å². The highest BCUT2D eigenvalue weighted by atomic mass is 79.9. The molecule has 0 atom stereocenters. The van der Waals surface area contributed by atoms with Crippen LogP contribution in [0.25, 0.3) is 0 Å². The lowest BCUT2D eigenvalue weighted by atomic mass is 10.2. The number of halogens is 2. The number of alkyl halides is 2. The third-order valence-corrected chi connectivity index (χ3v) is 3.73. The molecule has 0 radical (unpaired) electrons. The van der Waals surface area contributed by atoms with E-state index in [9.17, 15) is 4.79 Å². The molecule has 0 N–H and O–H groups in total. The largest absolute Gasteiger partial charge is 0.414 e. The lowest BCUT2D eigenvalue weighted by Crippen LogP contribution is -2.26. The van der Waals surface area contributed by atoms with E-state index in [0.29, 0.717) is 12.3 Å². The second-order valence-corrected chi connectivity index (χ2v) is 6.67. The predicted molar refractivity (Wildman–Crippen MR) is 127 cm³/mol. The Morgan fingerprint density at radius 1 is 0.964 bits per heavy atom. The van der Waals surface area contributed by atoms with Gasteiger partial charge < -0.3 is 19.4 Å². The Morgan fingerprint density at radius 3 is 2.07 bits per heavy atom. The van der Waals surface area contributed by atoms with E-state index in [-0.39, 0.29) is 6.09 Å². The number of rotatable bonds is 10. The Hall–Kier alpha value is -0.700. The summed E-state index contributed by atoms with van der Waals surface area (Å²) in [4.78, 5) is 22.0. The van der Waals surface area contributed by atoms with Gasteiger partial charge in [0.05, 0.1) is 5.69 Å². The number of aromatic nitrogens is 1. The maximum atomic E-state index is 11.7. The van der Waals surface area contributed by atoms with Gasteiger partial charge in [0.15, 0.2) is 5.75 Å². The highest BCUT2D eigenvalue weighted by molar-refractivity contribution is 9.09. The molecule has 1 heterocycles. The maximum Gasteiger partial charge on any atom is 0.414 e. The van der Waals surface area contributed by atoms with Gasteiger partial charge in [-0.05, 0) is 70.9 Å². The van der Waals surface area contributed by atoms with Crippen molar-refractivity contribution in [3.05, 3.63) is 24.0 Å².